The van der Waals surface area contributed by atoms with Gasteiger partial charge in [0.15, 0.2) is 11.6 Å². The van der Waals surface area contributed by atoms with Gasteiger partial charge in [0.25, 0.3) is 0 Å². The summed E-state index contributed by atoms with van der Waals surface area (Å²) in [6, 6.07) is 4.91. The highest BCUT2D eigenvalue weighted by atomic mass is 19.1. The number of rotatable bonds is 1. The molecule has 1 heterocycles. The van der Waals surface area contributed by atoms with Crippen LogP contribution < -0.4 is 14.8 Å². The quantitative estimate of drug-likeness (QED) is 0.584. The van der Waals surface area contributed by atoms with E-state index in [1.54, 1.807) is 0 Å². The minimum absolute atomic E-state index is 0.0353. The van der Waals surface area contributed by atoms with Gasteiger partial charge in [-0.3, -0.25) is 0 Å². The maximum atomic E-state index is 13.6. The molecular formula is C12H5BF4O2. The molecule has 0 aromatic heterocycles. The van der Waals surface area contributed by atoms with Gasteiger partial charge in [0, 0.05) is 12.1 Å². The van der Waals surface area contributed by atoms with Gasteiger partial charge in [0.05, 0.1) is 5.46 Å². The number of hydrogen-bond donors (Lipinski definition) is 0. The van der Waals surface area contributed by atoms with Crippen LogP contribution >= 0.6 is 0 Å². The van der Waals surface area contributed by atoms with Crippen molar-refractivity contribution in [3.05, 3.63) is 53.6 Å². The Labute approximate surface area is 105 Å². The summed E-state index contributed by atoms with van der Waals surface area (Å²) in [6.07, 6.45) is 0. The molecule has 0 saturated carbocycles. The zero-order valence-corrected chi connectivity index (χ0v) is 9.29. The average Bonchev–Trinajstić information content (AvgIpc) is 2.72. The van der Waals surface area contributed by atoms with Crippen molar-refractivity contribution in [3.63, 3.8) is 0 Å². The van der Waals surface area contributed by atoms with Gasteiger partial charge >= 0.3 is 7.12 Å². The number of benzene rings is 2. The van der Waals surface area contributed by atoms with Gasteiger partial charge in [0.1, 0.15) is 23.2 Å². The molecule has 96 valence electrons. The van der Waals surface area contributed by atoms with Crippen molar-refractivity contribution in [1.82, 2.24) is 0 Å². The third kappa shape index (κ3) is 1.91. The van der Waals surface area contributed by atoms with Crippen LogP contribution in [-0.4, -0.2) is 7.12 Å². The van der Waals surface area contributed by atoms with Crippen LogP contribution in [0.4, 0.5) is 17.6 Å². The fraction of sp³-hybridized carbons (Fsp3) is 0. The van der Waals surface area contributed by atoms with Crippen molar-refractivity contribution in [2.24, 2.45) is 0 Å². The van der Waals surface area contributed by atoms with Crippen LogP contribution in [-0.2, 0) is 0 Å². The topological polar surface area (TPSA) is 18.5 Å². The van der Waals surface area contributed by atoms with Gasteiger partial charge in [-0.15, -0.1) is 0 Å². The molecule has 1 aliphatic rings. The SMILES string of the molecule is Fc1cc(F)c(B2Oc3cccc(F)c3O2)c(F)c1. The summed E-state index contributed by atoms with van der Waals surface area (Å²) in [7, 11) is -1.48. The molecule has 0 N–H and O–H groups in total. The monoisotopic (exact) mass is 268 g/mol. The molecule has 2 nitrogen and oxygen atoms in total. The van der Waals surface area contributed by atoms with Gasteiger partial charge in [0.2, 0.25) is 0 Å². The van der Waals surface area contributed by atoms with Crippen LogP contribution in [0.5, 0.6) is 11.5 Å². The Bertz CT molecular complexity index is 639. The van der Waals surface area contributed by atoms with Gasteiger partial charge < -0.3 is 9.31 Å². The standard InChI is InChI=1S/C12H5BF4O2/c14-6-4-8(16)11(9(17)5-6)13-18-10-3-1-2-7(15)12(10)19-13/h1-5H. The zero-order valence-electron chi connectivity index (χ0n) is 9.29. The second-order valence-corrected chi connectivity index (χ2v) is 3.92. The molecule has 2 aromatic rings. The van der Waals surface area contributed by atoms with E-state index < -0.39 is 35.9 Å². The molecule has 0 spiro atoms. The molecule has 0 unspecified atom stereocenters. The molecule has 0 saturated heterocycles. The van der Waals surface area contributed by atoms with E-state index >= 15 is 0 Å². The van der Waals surface area contributed by atoms with Crippen LogP contribution in [0.15, 0.2) is 30.3 Å². The third-order valence-corrected chi connectivity index (χ3v) is 2.67. The van der Waals surface area contributed by atoms with E-state index in [1.807, 2.05) is 0 Å². The van der Waals surface area contributed by atoms with Crippen LogP contribution in [0.1, 0.15) is 0 Å². The van der Waals surface area contributed by atoms with E-state index in [-0.39, 0.29) is 11.5 Å². The molecular weight excluding hydrogens is 263 g/mol. The van der Waals surface area contributed by atoms with Crippen LogP contribution in [0.25, 0.3) is 0 Å². The minimum Gasteiger partial charge on any atom is -0.519 e. The normalized spacial score (nSPS) is 12.9. The molecule has 2 aromatic carbocycles. The number of fused-ring (bicyclic) bond motifs is 1. The minimum atomic E-state index is -1.48. The summed E-state index contributed by atoms with van der Waals surface area (Å²) < 4.78 is 63.4. The average molecular weight is 268 g/mol. The Kier molecular flexibility index (Phi) is 2.62. The fourth-order valence-electron chi connectivity index (χ4n) is 1.84. The van der Waals surface area contributed by atoms with Crippen molar-refractivity contribution < 1.29 is 26.9 Å². The predicted molar refractivity (Wildman–Crippen MR) is 59.4 cm³/mol. The van der Waals surface area contributed by atoms with Gasteiger partial charge in [-0.2, -0.15) is 0 Å². The molecule has 3 rings (SSSR count). The van der Waals surface area contributed by atoms with Crippen LogP contribution in [0.3, 0.4) is 0 Å². The highest BCUT2D eigenvalue weighted by molar-refractivity contribution is 6.63. The first-order valence-electron chi connectivity index (χ1n) is 5.32. The number of halogens is 4. The van der Waals surface area contributed by atoms with Crippen molar-refractivity contribution >= 4 is 12.6 Å². The summed E-state index contributed by atoms with van der Waals surface area (Å²) in [4.78, 5) is 0. The molecule has 0 aliphatic carbocycles. The zero-order chi connectivity index (χ0) is 13.6. The predicted octanol–water partition coefficient (Wildman–Crippen LogP) is 2.41. The number of hydrogen-bond acceptors (Lipinski definition) is 2. The molecule has 19 heavy (non-hydrogen) atoms. The molecule has 0 bridgehead atoms. The summed E-state index contributed by atoms with van der Waals surface area (Å²) in [6.45, 7) is 0. The molecule has 0 fully saturated rings. The lowest BCUT2D eigenvalue weighted by Crippen LogP contribution is -2.43. The lowest BCUT2D eigenvalue weighted by atomic mass is 9.78. The molecule has 0 amide bonds. The van der Waals surface area contributed by atoms with E-state index in [9.17, 15) is 17.6 Å². The Balaban J connectivity index is 2.02. The van der Waals surface area contributed by atoms with Gasteiger partial charge in [-0.25, -0.2) is 17.6 Å². The van der Waals surface area contributed by atoms with Gasteiger partial charge in [-0.1, -0.05) is 6.07 Å². The van der Waals surface area contributed by atoms with Crippen molar-refractivity contribution in [2.45, 2.75) is 0 Å². The molecule has 7 heteroatoms. The summed E-state index contributed by atoms with van der Waals surface area (Å²) in [5, 5.41) is 0. The first-order valence-corrected chi connectivity index (χ1v) is 5.32. The maximum Gasteiger partial charge on any atom is 0.639 e. The Morgan fingerprint density at radius 3 is 2.16 bits per heavy atom. The van der Waals surface area contributed by atoms with E-state index in [0.29, 0.717) is 12.1 Å². The van der Waals surface area contributed by atoms with E-state index in [2.05, 4.69) is 0 Å². The lowest BCUT2D eigenvalue weighted by molar-refractivity contribution is 0.485. The molecule has 1 aliphatic heterocycles. The van der Waals surface area contributed by atoms with E-state index in [1.165, 1.54) is 12.1 Å². The second-order valence-electron chi connectivity index (χ2n) is 3.92. The highest BCUT2D eigenvalue weighted by Gasteiger charge is 2.40. The largest absolute Gasteiger partial charge is 0.639 e. The Morgan fingerprint density at radius 1 is 0.842 bits per heavy atom. The summed E-state index contributed by atoms with van der Waals surface area (Å²) >= 11 is 0. The summed E-state index contributed by atoms with van der Waals surface area (Å²) in [5.41, 5.74) is -0.600. The smallest absolute Gasteiger partial charge is 0.519 e. The maximum absolute atomic E-state index is 13.6. The third-order valence-electron chi connectivity index (χ3n) is 2.67. The fourth-order valence-corrected chi connectivity index (χ4v) is 1.84. The van der Waals surface area contributed by atoms with Crippen molar-refractivity contribution in [3.8, 4) is 11.5 Å². The first kappa shape index (κ1) is 11.9. The number of para-hydroxylation sites is 1. The lowest BCUT2D eigenvalue weighted by Gasteiger charge is -2.07. The molecule has 0 radical (unpaired) electrons. The Morgan fingerprint density at radius 2 is 1.53 bits per heavy atom. The Hall–Kier alpha value is -2.18. The summed E-state index contributed by atoms with van der Waals surface area (Å²) in [5.74, 6) is -4.27. The first-order chi connectivity index (χ1) is 9.06. The van der Waals surface area contributed by atoms with Crippen LogP contribution in [0.2, 0.25) is 0 Å². The van der Waals surface area contributed by atoms with Crippen LogP contribution in [0, 0.1) is 23.3 Å². The van der Waals surface area contributed by atoms with Crippen molar-refractivity contribution in [1.29, 1.82) is 0 Å². The van der Waals surface area contributed by atoms with E-state index in [4.69, 9.17) is 9.31 Å². The highest BCUT2D eigenvalue weighted by Crippen LogP contribution is 2.35. The van der Waals surface area contributed by atoms with E-state index in [0.717, 1.165) is 6.07 Å². The molecule has 0 atom stereocenters. The van der Waals surface area contributed by atoms with Gasteiger partial charge in [-0.05, 0) is 12.1 Å². The van der Waals surface area contributed by atoms with Crippen molar-refractivity contribution in [2.75, 3.05) is 0 Å². The second kappa shape index (κ2) is 4.19.